The van der Waals surface area contributed by atoms with Gasteiger partial charge < -0.3 is 0 Å². The minimum absolute atomic E-state index is 0.726. The van der Waals surface area contributed by atoms with Gasteiger partial charge in [0.05, 0.1) is 8.80 Å². The standard InChI is InChI=1S/C15H21Si/c1-9-7-13-8-10(2)15(16(5)6)12(4)14(13)11(9)3/h7-8,16H,1-6H3. The number of aryl methyl sites for hydroxylation is 1. The average Bonchev–Trinajstić information content (AvgIpc) is 2.41. The minimum Gasteiger partial charge on any atom is -0.0682 e. The zero-order valence-electron chi connectivity index (χ0n) is 11.2. The van der Waals surface area contributed by atoms with Crippen molar-refractivity contribution < 1.29 is 0 Å². The lowest BCUT2D eigenvalue weighted by atomic mass is 9.98. The number of fused-ring (bicyclic) bond motifs is 1. The van der Waals surface area contributed by atoms with Crippen LogP contribution in [0, 0.1) is 20.3 Å². The van der Waals surface area contributed by atoms with Gasteiger partial charge in [-0.2, -0.15) is 0 Å². The zero-order valence-corrected chi connectivity index (χ0v) is 12.4. The molecule has 0 amide bonds. The molecule has 1 aromatic carbocycles. The van der Waals surface area contributed by atoms with Gasteiger partial charge >= 0.3 is 0 Å². The van der Waals surface area contributed by atoms with E-state index in [1.807, 2.05) is 0 Å². The highest BCUT2D eigenvalue weighted by molar-refractivity contribution is 6.71. The Balaban J connectivity index is 2.72. The number of allylic oxidation sites excluding steroid dienone is 2. The van der Waals surface area contributed by atoms with Gasteiger partial charge in [-0.3, -0.25) is 0 Å². The van der Waals surface area contributed by atoms with E-state index < -0.39 is 8.80 Å². The Bertz CT molecular complexity index is 479. The first-order valence-corrected chi connectivity index (χ1v) is 8.98. The molecule has 16 heavy (non-hydrogen) atoms. The van der Waals surface area contributed by atoms with E-state index in [2.05, 4.69) is 53.3 Å². The normalized spacial score (nSPS) is 14.9. The third kappa shape index (κ3) is 1.58. The van der Waals surface area contributed by atoms with Crippen molar-refractivity contribution in [2.24, 2.45) is 0 Å². The molecule has 0 heterocycles. The molecule has 0 nitrogen and oxygen atoms in total. The van der Waals surface area contributed by atoms with E-state index in [0.29, 0.717) is 0 Å². The van der Waals surface area contributed by atoms with Crippen molar-refractivity contribution in [1.29, 1.82) is 0 Å². The summed E-state index contributed by atoms with van der Waals surface area (Å²) in [5.41, 5.74) is 8.89. The second-order valence-electron chi connectivity index (χ2n) is 5.30. The molecule has 0 bridgehead atoms. The fraction of sp³-hybridized carbons (Fsp3) is 0.400. The molecule has 0 spiro atoms. The first-order valence-electron chi connectivity index (χ1n) is 6.10. The van der Waals surface area contributed by atoms with Gasteiger partial charge in [-0.1, -0.05) is 35.5 Å². The van der Waals surface area contributed by atoms with Crippen molar-refractivity contribution in [2.75, 3.05) is 0 Å². The topological polar surface area (TPSA) is 0 Å². The molecule has 0 unspecified atom stereocenters. The highest BCUT2D eigenvalue weighted by Crippen LogP contribution is 2.36. The maximum absolute atomic E-state index is 2.42. The summed E-state index contributed by atoms with van der Waals surface area (Å²) in [6.45, 7) is 13.9. The van der Waals surface area contributed by atoms with Crippen LogP contribution in [0.25, 0.3) is 5.57 Å². The smallest absolute Gasteiger partial charge is 0.0654 e. The highest BCUT2D eigenvalue weighted by atomic mass is 28.3. The Morgan fingerprint density at radius 1 is 1.00 bits per heavy atom. The van der Waals surface area contributed by atoms with E-state index in [-0.39, 0.29) is 0 Å². The van der Waals surface area contributed by atoms with Crippen molar-refractivity contribution >= 4 is 19.6 Å². The molecule has 1 radical (unpaired) electrons. The van der Waals surface area contributed by atoms with E-state index in [1.54, 1.807) is 10.8 Å². The summed E-state index contributed by atoms with van der Waals surface area (Å²) >= 11 is 0. The summed E-state index contributed by atoms with van der Waals surface area (Å²) in [6, 6.07) is 2.38. The van der Waals surface area contributed by atoms with Crippen LogP contribution in [-0.4, -0.2) is 8.80 Å². The molecule has 1 aliphatic rings. The zero-order chi connectivity index (χ0) is 12.0. The van der Waals surface area contributed by atoms with Gasteiger partial charge in [0.15, 0.2) is 0 Å². The minimum atomic E-state index is -0.726. The summed E-state index contributed by atoms with van der Waals surface area (Å²) in [5.74, 6) is 0. The molecule has 0 fully saturated rings. The number of benzene rings is 1. The third-order valence-corrected chi connectivity index (χ3v) is 5.82. The fourth-order valence-electron chi connectivity index (χ4n) is 3.07. The number of hydrogen-bond donors (Lipinski definition) is 0. The predicted molar refractivity (Wildman–Crippen MR) is 76.1 cm³/mol. The summed E-state index contributed by atoms with van der Waals surface area (Å²) in [7, 11) is -0.726. The van der Waals surface area contributed by atoms with Gasteiger partial charge in [-0.15, -0.1) is 0 Å². The van der Waals surface area contributed by atoms with Crippen molar-refractivity contribution in [1.82, 2.24) is 0 Å². The van der Waals surface area contributed by atoms with Crippen molar-refractivity contribution in [3.05, 3.63) is 40.3 Å². The lowest BCUT2D eigenvalue weighted by Gasteiger charge is -2.18. The van der Waals surface area contributed by atoms with Gasteiger partial charge in [0.25, 0.3) is 0 Å². The summed E-state index contributed by atoms with van der Waals surface area (Å²) < 4.78 is 0. The first kappa shape index (κ1) is 11.7. The van der Waals surface area contributed by atoms with Gasteiger partial charge in [-0.25, -0.2) is 0 Å². The Labute approximate surface area is 101 Å². The Morgan fingerprint density at radius 3 is 2.19 bits per heavy atom. The van der Waals surface area contributed by atoms with E-state index in [0.717, 1.165) is 0 Å². The maximum Gasteiger partial charge on any atom is 0.0654 e. The van der Waals surface area contributed by atoms with E-state index in [1.165, 1.54) is 27.8 Å². The molecule has 0 atom stereocenters. The van der Waals surface area contributed by atoms with Crippen molar-refractivity contribution in [3.8, 4) is 0 Å². The fourth-order valence-corrected chi connectivity index (χ4v) is 5.07. The molecule has 0 N–H and O–H groups in total. The molecule has 0 saturated heterocycles. The molecule has 85 valence electrons. The van der Waals surface area contributed by atoms with Crippen molar-refractivity contribution in [2.45, 2.75) is 40.8 Å². The van der Waals surface area contributed by atoms with Crippen LogP contribution in [-0.2, 0) is 0 Å². The van der Waals surface area contributed by atoms with Crippen LogP contribution in [0.5, 0.6) is 0 Å². The van der Waals surface area contributed by atoms with Crippen LogP contribution in [0.1, 0.15) is 36.1 Å². The van der Waals surface area contributed by atoms with Gasteiger partial charge in [0.1, 0.15) is 0 Å². The van der Waals surface area contributed by atoms with Crippen LogP contribution >= 0.6 is 0 Å². The quantitative estimate of drug-likeness (QED) is 0.648. The molecule has 1 aliphatic carbocycles. The monoisotopic (exact) mass is 229 g/mol. The predicted octanol–water partition coefficient (Wildman–Crippen LogP) is 3.36. The summed E-state index contributed by atoms with van der Waals surface area (Å²) in [6.07, 6.45) is 2.33. The van der Waals surface area contributed by atoms with Crippen LogP contribution in [0.4, 0.5) is 0 Å². The van der Waals surface area contributed by atoms with Crippen LogP contribution < -0.4 is 5.19 Å². The second-order valence-corrected chi connectivity index (χ2v) is 8.19. The molecule has 0 aromatic heterocycles. The van der Waals surface area contributed by atoms with Gasteiger partial charge in [0.2, 0.25) is 0 Å². The lowest BCUT2D eigenvalue weighted by molar-refractivity contribution is 1.35. The first-order chi connectivity index (χ1) is 7.43. The largest absolute Gasteiger partial charge is 0.0682 e. The van der Waals surface area contributed by atoms with Crippen LogP contribution in [0.2, 0.25) is 13.1 Å². The highest BCUT2D eigenvalue weighted by Gasteiger charge is 2.22. The number of rotatable bonds is 1. The summed E-state index contributed by atoms with van der Waals surface area (Å²) in [4.78, 5) is 0. The Hall–Kier alpha value is -0.823. The second kappa shape index (κ2) is 3.88. The van der Waals surface area contributed by atoms with E-state index in [9.17, 15) is 0 Å². The SMILES string of the molecule is CC1=C(C)c2c(cc(C)c([SiH](C)C)c2C)[CH]1. The molecule has 1 heteroatoms. The maximum atomic E-state index is 2.42. The van der Waals surface area contributed by atoms with E-state index in [4.69, 9.17) is 0 Å². The number of hydrogen-bond acceptors (Lipinski definition) is 0. The van der Waals surface area contributed by atoms with Crippen molar-refractivity contribution in [3.63, 3.8) is 0 Å². The lowest BCUT2D eigenvalue weighted by Crippen LogP contribution is -2.29. The van der Waals surface area contributed by atoms with Gasteiger partial charge in [0, 0.05) is 6.42 Å². The molecule has 0 saturated carbocycles. The Morgan fingerprint density at radius 2 is 1.62 bits per heavy atom. The van der Waals surface area contributed by atoms with E-state index >= 15 is 0 Å². The summed E-state index contributed by atoms with van der Waals surface area (Å²) in [5, 5.41) is 1.67. The Kier molecular flexibility index (Phi) is 2.83. The molecule has 0 aliphatic heterocycles. The molecule has 2 rings (SSSR count). The van der Waals surface area contributed by atoms with Crippen LogP contribution in [0.15, 0.2) is 11.6 Å². The molecule has 1 aromatic rings. The third-order valence-electron chi connectivity index (χ3n) is 3.78. The van der Waals surface area contributed by atoms with Gasteiger partial charge in [-0.05, 0) is 50.0 Å². The van der Waals surface area contributed by atoms with Crippen LogP contribution in [0.3, 0.4) is 0 Å². The molecular weight excluding hydrogens is 208 g/mol. The molecular formula is C15H21Si. The average molecular weight is 229 g/mol.